The molecule has 0 aliphatic heterocycles. The molecule has 1 heterocycles. The van der Waals surface area contributed by atoms with Crippen molar-refractivity contribution in [2.75, 3.05) is 6.61 Å². The van der Waals surface area contributed by atoms with E-state index >= 15 is 0 Å². The lowest BCUT2D eigenvalue weighted by atomic mass is 9.93. The van der Waals surface area contributed by atoms with Gasteiger partial charge < -0.3 is 9.84 Å². The predicted octanol–water partition coefficient (Wildman–Crippen LogP) is 4.73. The highest BCUT2D eigenvalue weighted by Gasteiger charge is 2.56. The van der Waals surface area contributed by atoms with E-state index in [-0.39, 0.29) is 16.9 Å². The minimum atomic E-state index is -5.02. The van der Waals surface area contributed by atoms with Crippen molar-refractivity contribution in [2.45, 2.75) is 11.8 Å². The quantitative estimate of drug-likeness (QED) is 0.504. The number of hydrogen-bond acceptors (Lipinski definition) is 4. The lowest BCUT2D eigenvalue weighted by molar-refractivity contribution is -0.275. The van der Waals surface area contributed by atoms with Crippen molar-refractivity contribution in [3.63, 3.8) is 0 Å². The van der Waals surface area contributed by atoms with Gasteiger partial charge in [0.25, 0.3) is 0 Å². The van der Waals surface area contributed by atoms with Gasteiger partial charge in [0.05, 0.1) is 23.0 Å². The zero-order valence-electron chi connectivity index (χ0n) is 16.0. The van der Waals surface area contributed by atoms with Crippen LogP contribution in [0.4, 0.5) is 13.2 Å². The van der Waals surface area contributed by atoms with Gasteiger partial charge >= 0.3 is 6.18 Å². The van der Waals surface area contributed by atoms with E-state index in [4.69, 9.17) is 10.00 Å². The molecule has 31 heavy (non-hydrogen) atoms. The molecule has 0 amide bonds. The van der Waals surface area contributed by atoms with Crippen molar-refractivity contribution < 1.29 is 23.0 Å². The van der Waals surface area contributed by atoms with Crippen molar-refractivity contribution in [3.05, 3.63) is 90.1 Å². The van der Waals surface area contributed by atoms with Crippen LogP contribution >= 0.6 is 0 Å². The van der Waals surface area contributed by atoms with Gasteiger partial charge in [0.15, 0.2) is 0 Å². The van der Waals surface area contributed by atoms with E-state index < -0.39 is 18.4 Å². The Kier molecular flexibility index (Phi) is 5.13. The predicted molar refractivity (Wildman–Crippen MR) is 108 cm³/mol. The number of nitrogens with zero attached hydrogens (tertiary/aromatic N) is 3. The van der Waals surface area contributed by atoms with Crippen LogP contribution in [0.5, 0.6) is 5.75 Å². The number of aliphatic hydroxyl groups is 1. The summed E-state index contributed by atoms with van der Waals surface area (Å²) < 4.78 is 48.6. The molecule has 156 valence electrons. The van der Waals surface area contributed by atoms with E-state index in [0.29, 0.717) is 10.9 Å². The number of benzene rings is 3. The highest BCUT2D eigenvalue weighted by molar-refractivity contribution is 5.81. The summed E-state index contributed by atoms with van der Waals surface area (Å²) >= 11 is 0. The number of fused-ring (bicyclic) bond motifs is 1. The molecule has 0 aliphatic rings. The molecule has 0 aliphatic carbocycles. The lowest BCUT2D eigenvalue weighted by Crippen LogP contribution is -2.47. The molecule has 0 radical (unpaired) electrons. The third-order valence-electron chi connectivity index (χ3n) is 4.96. The first-order valence-corrected chi connectivity index (χ1v) is 9.28. The topological polar surface area (TPSA) is 71.1 Å². The van der Waals surface area contributed by atoms with E-state index in [1.807, 2.05) is 36.4 Å². The first-order valence-electron chi connectivity index (χ1n) is 9.28. The van der Waals surface area contributed by atoms with Crippen molar-refractivity contribution in [2.24, 2.45) is 0 Å². The molecule has 0 saturated heterocycles. The minimum Gasteiger partial charge on any atom is -0.488 e. The monoisotopic (exact) mass is 423 g/mol. The molecule has 0 spiro atoms. The van der Waals surface area contributed by atoms with Gasteiger partial charge in [0.2, 0.25) is 5.60 Å². The van der Waals surface area contributed by atoms with Crippen molar-refractivity contribution >= 4 is 10.9 Å². The number of para-hydroxylation sites is 2. The fraction of sp³-hybridized carbons (Fsp3) is 0.130. The fourth-order valence-corrected chi connectivity index (χ4v) is 3.26. The molecule has 3 aromatic carbocycles. The third kappa shape index (κ3) is 3.71. The van der Waals surface area contributed by atoms with Gasteiger partial charge in [-0.1, -0.05) is 36.4 Å². The molecule has 1 N–H and O–H groups in total. The molecular weight excluding hydrogens is 407 g/mol. The largest absolute Gasteiger partial charge is 0.488 e. The average molecular weight is 423 g/mol. The van der Waals surface area contributed by atoms with Gasteiger partial charge in [-0.3, -0.25) is 0 Å². The summed E-state index contributed by atoms with van der Waals surface area (Å²) in [5.74, 6) is -0.0364. The summed E-state index contributed by atoms with van der Waals surface area (Å²) in [6.45, 7) is -1.10. The van der Waals surface area contributed by atoms with Gasteiger partial charge in [0.1, 0.15) is 18.4 Å². The Balaban J connectivity index is 1.72. The third-order valence-corrected chi connectivity index (χ3v) is 4.96. The van der Waals surface area contributed by atoms with Crippen LogP contribution in [0.15, 0.2) is 79.0 Å². The van der Waals surface area contributed by atoms with Crippen LogP contribution in [0.2, 0.25) is 0 Å². The maximum absolute atomic E-state index is 13.9. The van der Waals surface area contributed by atoms with E-state index in [0.717, 1.165) is 5.69 Å². The van der Waals surface area contributed by atoms with E-state index in [1.54, 1.807) is 10.7 Å². The SMILES string of the molecule is N#Cc1ccccc1OCC(O)(c1ccc2c(cnn2-c2ccccc2)c1)C(F)(F)F. The number of aromatic nitrogens is 2. The number of ether oxygens (including phenoxy) is 1. The normalized spacial score (nSPS) is 13.5. The number of nitriles is 1. The van der Waals surface area contributed by atoms with Gasteiger partial charge in [-0.2, -0.15) is 23.5 Å². The number of rotatable bonds is 5. The minimum absolute atomic E-state index is 0.0364. The smallest absolute Gasteiger partial charge is 0.424 e. The maximum atomic E-state index is 13.9. The molecule has 8 heteroatoms. The number of hydrogen-bond donors (Lipinski definition) is 1. The summed E-state index contributed by atoms with van der Waals surface area (Å²) in [6.07, 6.45) is -3.58. The molecule has 1 unspecified atom stereocenters. The van der Waals surface area contributed by atoms with Gasteiger partial charge in [-0.25, -0.2) is 4.68 Å². The molecule has 4 rings (SSSR count). The first-order chi connectivity index (χ1) is 14.8. The van der Waals surface area contributed by atoms with E-state index in [1.165, 1.54) is 42.6 Å². The van der Waals surface area contributed by atoms with Crippen LogP contribution in [0.1, 0.15) is 11.1 Å². The van der Waals surface area contributed by atoms with E-state index in [9.17, 15) is 18.3 Å². The number of halogens is 3. The molecule has 1 atom stereocenters. The summed E-state index contributed by atoms with van der Waals surface area (Å²) in [4.78, 5) is 0. The Morgan fingerprint density at radius 3 is 2.42 bits per heavy atom. The van der Waals surface area contributed by atoms with Crippen LogP contribution in [0.3, 0.4) is 0 Å². The van der Waals surface area contributed by atoms with Crippen LogP contribution in [-0.4, -0.2) is 27.7 Å². The first kappa shape index (κ1) is 20.4. The lowest BCUT2D eigenvalue weighted by Gasteiger charge is -2.31. The average Bonchev–Trinajstić information content (AvgIpc) is 3.20. The molecule has 0 fully saturated rings. The second-order valence-corrected chi connectivity index (χ2v) is 6.92. The molecule has 0 bridgehead atoms. The van der Waals surface area contributed by atoms with Crippen molar-refractivity contribution in [3.8, 4) is 17.5 Å². The molecular formula is C23H16F3N3O2. The van der Waals surface area contributed by atoms with Crippen LogP contribution < -0.4 is 4.74 Å². The van der Waals surface area contributed by atoms with Gasteiger partial charge in [-0.05, 0) is 42.0 Å². The van der Waals surface area contributed by atoms with Gasteiger partial charge in [-0.15, -0.1) is 0 Å². The zero-order chi connectivity index (χ0) is 22.1. The Hall–Kier alpha value is -3.83. The zero-order valence-corrected chi connectivity index (χ0v) is 16.0. The Morgan fingerprint density at radius 1 is 1.00 bits per heavy atom. The molecule has 0 saturated carbocycles. The Morgan fingerprint density at radius 2 is 1.71 bits per heavy atom. The summed E-state index contributed by atoms with van der Waals surface area (Å²) in [7, 11) is 0. The number of alkyl halides is 3. The van der Waals surface area contributed by atoms with Crippen LogP contribution in [-0.2, 0) is 5.60 Å². The van der Waals surface area contributed by atoms with Crippen LogP contribution in [0, 0.1) is 11.3 Å². The fourth-order valence-electron chi connectivity index (χ4n) is 3.26. The maximum Gasteiger partial charge on any atom is 0.424 e. The van der Waals surface area contributed by atoms with Crippen molar-refractivity contribution in [1.82, 2.24) is 9.78 Å². The summed E-state index contributed by atoms with van der Waals surface area (Å²) in [5, 5.41) is 24.5. The van der Waals surface area contributed by atoms with Crippen LogP contribution in [0.25, 0.3) is 16.6 Å². The standard InChI is InChI=1S/C23H16F3N3O2/c24-23(25,26)22(30,15-31-21-9-5-4-6-16(21)13-27)18-10-11-20-17(12-18)14-28-29(20)19-7-2-1-3-8-19/h1-12,14,30H,15H2. The van der Waals surface area contributed by atoms with E-state index in [2.05, 4.69) is 5.10 Å². The Labute approximate surface area is 175 Å². The highest BCUT2D eigenvalue weighted by atomic mass is 19.4. The summed E-state index contributed by atoms with van der Waals surface area (Å²) in [5.41, 5.74) is -2.23. The molecule has 5 nitrogen and oxygen atoms in total. The Bertz CT molecular complexity index is 1260. The highest BCUT2D eigenvalue weighted by Crippen LogP contribution is 2.40. The van der Waals surface area contributed by atoms with Crippen molar-refractivity contribution in [1.29, 1.82) is 5.26 Å². The second kappa shape index (κ2) is 7.78. The van der Waals surface area contributed by atoms with Gasteiger partial charge in [0, 0.05) is 5.39 Å². The summed E-state index contributed by atoms with van der Waals surface area (Å²) in [6, 6.07) is 20.8. The molecule has 4 aromatic rings. The molecule has 1 aromatic heterocycles. The second-order valence-electron chi connectivity index (χ2n) is 6.92.